The van der Waals surface area contributed by atoms with Crippen LogP contribution in [-0.4, -0.2) is 145 Å². The minimum Gasteiger partial charge on any atom is -0.462 e. The smallest absolute Gasteiger partial charge is 0.308 e. The van der Waals surface area contributed by atoms with E-state index in [2.05, 4.69) is 20.2 Å². The molecule has 2 aromatic heterocycles. The van der Waals surface area contributed by atoms with E-state index >= 15 is 0 Å². The second-order valence-electron chi connectivity index (χ2n) is 16.8. The highest BCUT2D eigenvalue weighted by Crippen LogP contribution is 2.35. The summed E-state index contributed by atoms with van der Waals surface area (Å²) < 4.78 is 20.4. The largest absolute Gasteiger partial charge is 0.462 e. The van der Waals surface area contributed by atoms with E-state index < -0.39 is 72.7 Å². The summed E-state index contributed by atoms with van der Waals surface area (Å²) in [4.78, 5) is 35.5. The van der Waals surface area contributed by atoms with Gasteiger partial charge in [0, 0.05) is 29.7 Å². The maximum absolute atomic E-state index is 13.7. The predicted octanol–water partition coefficient (Wildman–Crippen LogP) is 3.46. The second kappa shape index (κ2) is 21.0. The van der Waals surface area contributed by atoms with Crippen LogP contribution in [0.4, 0.5) is 0 Å². The molecule has 0 aliphatic carbocycles. The number of pyridine rings is 1. The number of cyclic esters (lactones) is 1. The first kappa shape index (κ1) is 46.1. The number of carbonyl (C=O) groups excluding carboxylic acids is 2. The summed E-state index contributed by atoms with van der Waals surface area (Å²) in [5.41, 5.74) is 3.15. The summed E-state index contributed by atoms with van der Waals surface area (Å²) in [6.07, 6.45) is 2.79. The summed E-state index contributed by atoms with van der Waals surface area (Å²) in [7, 11) is 5.48. The number of aliphatic hydroxyl groups is 4. The Bertz CT molecular complexity index is 1900. The molecule has 15 nitrogen and oxygen atoms in total. The summed E-state index contributed by atoms with van der Waals surface area (Å²) in [5, 5.41) is 54.2. The molecule has 0 radical (unpaired) electrons. The number of allylic oxidation sites excluding steroid dienone is 3. The van der Waals surface area contributed by atoms with Gasteiger partial charge in [-0.25, -0.2) is 4.68 Å². The first-order valence-corrected chi connectivity index (χ1v) is 20.8. The highest BCUT2D eigenvalue weighted by molar-refractivity contribution is 5.91. The molecule has 4 heterocycles. The molecular weight excluding hydrogens is 757 g/mol. The highest BCUT2D eigenvalue weighted by Gasteiger charge is 2.47. The third kappa shape index (κ3) is 11.9. The number of aromatic nitrogens is 4. The lowest BCUT2D eigenvalue weighted by Gasteiger charge is -2.46. The van der Waals surface area contributed by atoms with Crippen LogP contribution in [0.25, 0.3) is 16.6 Å². The number of esters is 1. The van der Waals surface area contributed by atoms with Crippen molar-refractivity contribution in [3.63, 3.8) is 0 Å². The number of hydrogen-bond acceptors (Lipinski definition) is 14. The Morgan fingerprint density at radius 3 is 2.49 bits per heavy atom. The fourth-order valence-corrected chi connectivity index (χ4v) is 8.28. The van der Waals surface area contributed by atoms with Gasteiger partial charge in [0.25, 0.3) is 0 Å². The highest BCUT2D eigenvalue weighted by atomic mass is 16.7. The summed E-state index contributed by atoms with van der Waals surface area (Å²) >= 11 is 0. The van der Waals surface area contributed by atoms with Crippen LogP contribution in [0, 0.1) is 23.7 Å². The molecule has 59 heavy (non-hydrogen) atoms. The van der Waals surface area contributed by atoms with Crippen LogP contribution in [0.1, 0.15) is 66.0 Å². The normalized spacial score (nSPS) is 33.2. The summed E-state index contributed by atoms with van der Waals surface area (Å²) in [6, 6.07) is 9.16. The number of hydrogen-bond donors (Lipinski definition) is 4. The van der Waals surface area contributed by atoms with Crippen molar-refractivity contribution in [2.24, 2.45) is 23.7 Å². The molecular formula is C44H64N6O9. The third-order valence-electron chi connectivity index (χ3n) is 11.9. The zero-order valence-electron chi connectivity index (χ0n) is 35.7. The van der Waals surface area contributed by atoms with Crippen LogP contribution in [0.5, 0.6) is 0 Å². The van der Waals surface area contributed by atoms with Gasteiger partial charge >= 0.3 is 5.97 Å². The van der Waals surface area contributed by atoms with Crippen molar-refractivity contribution in [1.29, 1.82) is 0 Å². The molecule has 3 unspecified atom stereocenters. The zero-order valence-corrected chi connectivity index (χ0v) is 35.7. The molecule has 15 heteroatoms. The Kier molecular flexibility index (Phi) is 16.5. The van der Waals surface area contributed by atoms with Crippen molar-refractivity contribution >= 4 is 22.7 Å². The van der Waals surface area contributed by atoms with E-state index in [4.69, 9.17) is 14.2 Å². The number of rotatable bonds is 11. The van der Waals surface area contributed by atoms with Gasteiger partial charge in [0.05, 0.1) is 72.8 Å². The van der Waals surface area contributed by atoms with Crippen LogP contribution in [0.2, 0.25) is 0 Å². The molecule has 0 saturated carbocycles. The molecule has 1 fully saturated rings. The van der Waals surface area contributed by atoms with E-state index in [9.17, 15) is 30.0 Å². The standard InChI is InChI=1S/C44H64N6O9/c1-9-38-32(25-51)18-26(2)14-15-36(52)27(3)19-31(16-17-49(8)23-33-24-50(47-46-33)34-20-30-12-10-11-13-35(30)45-22-34)43(28(4)37(53)21-39(54)58-38)59-44-42(56)40(48(6)7)41(55)29(5)57-44/h10-15,18,20,22,24,27-29,31-32,37-38,40-44,51,53,55-56H,9,16-17,19,21,23,25H2,1-8H3/b15-14+,26-18+/t27-,28+,29-,31+,32-,37-,38-,40?,41?,42?,43-,44+/m1/s1. The van der Waals surface area contributed by atoms with Crippen LogP contribution in [0.3, 0.4) is 0 Å². The van der Waals surface area contributed by atoms with E-state index in [1.165, 1.54) is 6.08 Å². The maximum atomic E-state index is 13.7. The molecule has 4 N–H and O–H groups in total. The molecule has 5 rings (SSSR count). The van der Waals surface area contributed by atoms with Crippen molar-refractivity contribution < 1.29 is 44.2 Å². The number of fused-ring (bicyclic) bond motifs is 1. The third-order valence-corrected chi connectivity index (χ3v) is 11.9. The molecule has 0 spiro atoms. The Morgan fingerprint density at radius 2 is 1.78 bits per heavy atom. The van der Waals surface area contributed by atoms with Gasteiger partial charge in [-0.15, -0.1) is 5.10 Å². The van der Waals surface area contributed by atoms with Gasteiger partial charge in [0.1, 0.15) is 12.2 Å². The Hall–Kier alpha value is -3.93. The fourth-order valence-electron chi connectivity index (χ4n) is 8.28. The Labute approximate surface area is 347 Å². The van der Waals surface area contributed by atoms with Gasteiger partial charge in [-0.3, -0.25) is 14.6 Å². The van der Waals surface area contributed by atoms with E-state index in [-0.39, 0.29) is 24.7 Å². The Morgan fingerprint density at radius 1 is 1.03 bits per heavy atom. The second-order valence-corrected chi connectivity index (χ2v) is 16.8. The minimum atomic E-state index is -1.26. The Balaban J connectivity index is 1.44. The van der Waals surface area contributed by atoms with Crippen molar-refractivity contribution in [2.45, 2.75) is 116 Å². The van der Waals surface area contributed by atoms with Crippen molar-refractivity contribution in [1.82, 2.24) is 29.8 Å². The molecule has 2 aliphatic heterocycles. The number of likely N-dealkylation sites (N-methyl/N-ethyl adjacent to an activating group) is 1. The molecule has 1 aromatic carbocycles. The van der Waals surface area contributed by atoms with E-state index in [1.54, 1.807) is 55.9 Å². The van der Waals surface area contributed by atoms with Crippen molar-refractivity contribution in [3.05, 3.63) is 72.2 Å². The molecule has 3 aromatic rings. The summed E-state index contributed by atoms with van der Waals surface area (Å²) in [6.45, 7) is 9.76. The summed E-state index contributed by atoms with van der Waals surface area (Å²) in [5.74, 6) is -2.78. The van der Waals surface area contributed by atoms with Gasteiger partial charge in [-0.05, 0) is 84.9 Å². The van der Waals surface area contributed by atoms with Gasteiger partial charge < -0.3 is 44.4 Å². The number of nitrogens with zero attached hydrogens (tertiary/aromatic N) is 6. The zero-order chi connectivity index (χ0) is 43.0. The average Bonchev–Trinajstić information content (AvgIpc) is 3.68. The lowest BCUT2D eigenvalue weighted by Crippen LogP contribution is -2.63. The van der Waals surface area contributed by atoms with Crippen LogP contribution >= 0.6 is 0 Å². The minimum absolute atomic E-state index is 0.104. The molecule has 1 saturated heterocycles. The SMILES string of the molecule is CC[C@H]1OC(=O)C[C@@H](O)[C@H](C)[C@@H](O[C@@H]2O[C@H](C)C(O)C(N(C)C)C2O)[C@@H](CCN(C)Cc2cn(-c3cnc4ccccc4c3)nn2)C[C@@H](C)C(=O)/C=C/C(C)=C/[C@@H]1CO. The van der Waals surface area contributed by atoms with E-state index in [0.29, 0.717) is 32.4 Å². The number of benzene rings is 1. The monoisotopic (exact) mass is 820 g/mol. The molecule has 0 amide bonds. The van der Waals surface area contributed by atoms with Gasteiger partial charge in [-0.2, -0.15) is 0 Å². The van der Waals surface area contributed by atoms with Crippen molar-refractivity contribution in [3.8, 4) is 5.69 Å². The maximum Gasteiger partial charge on any atom is 0.308 e. The molecule has 0 bridgehead atoms. The predicted molar refractivity (Wildman–Crippen MR) is 222 cm³/mol. The van der Waals surface area contributed by atoms with Gasteiger partial charge in [-0.1, -0.05) is 61.9 Å². The number of ketones is 1. The lowest BCUT2D eigenvalue weighted by molar-refractivity contribution is -0.304. The van der Waals surface area contributed by atoms with E-state index in [0.717, 1.165) is 27.9 Å². The van der Waals surface area contributed by atoms with E-state index in [1.807, 2.05) is 64.3 Å². The van der Waals surface area contributed by atoms with Crippen molar-refractivity contribution in [2.75, 3.05) is 34.3 Å². The first-order chi connectivity index (χ1) is 28.1. The van der Waals surface area contributed by atoms with Gasteiger partial charge in [0.15, 0.2) is 12.1 Å². The number of para-hydroxylation sites is 1. The van der Waals surface area contributed by atoms with Crippen LogP contribution in [-0.2, 0) is 30.3 Å². The molecule has 2 aliphatic rings. The lowest BCUT2D eigenvalue weighted by atomic mass is 9.79. The topological polar surface area (TPSA) is 193 Å². The van der Waals surface area contributed by atoms with Crippen LogP contribution in [0.15, 0.2) is 66.5 Å². The first-order valence-electron chi connectivity index (χ1n) is 20.8. The number of carbonyl (C=O) groups is 2. The molecule has 12 atom stereocenters. The fraction of sp³-hybridized carbons (Fsp3) is 0.614. The van der Waals surface area contributed by atoms with Gasteiger partial charge in [0.2, 0.25) is 0 Å². The number of ether oxygens (including phenoxy) is 3. The van der Waals surface area contributed by atoms with Crippen LogP contribution < -0.4 is 0 Å². The average molecular weight is 821 g/mol. The quantitative estimate of drug-likeness (QED) is 0.206. The number of aliphatic hydroxyl groups excluding tert-OH is 4. The molecule has 324 valence electrons.